The van der Waals surface area contributed by atoms with Crippen molar-refractivity contribution < 1.29 is 9.53 Å². The highest BCUT2D eigenvalue weighted by Gasteiger charge is 2.20. The molecule has 0 atom stereocenters. The molecule has 0 spiro atoms. The summed E-state index contributed by atoms with van der Waals surface area (Å²) >= 11 is 0. The normalized spacial score (nSPS) is 14.8. The molecule has 0 amide bonds. The molecular weight excluding hydrogens is 202 g/mol. The molecule has 1 N–H and O–H groups in total. The van der Waals surface area contributed by atoms with E-state index in [0.717, 1.165) is 12.1 Å². The number of carbonyl (C=O) groups excluding carboxylic acids is 1. The molecule has 2 rings (SSSR count). The molecule has 0 unspecified atom stereocenters. The van der Waals surface area contributed by atoms with Crippen LogP contribution in [0, 0.1) is 0 Å². The van der Waals surface area contributed by atoms with Gasteiger partial charge >= 0.3 is 5.97 Å². The second kappa shape index (κ2) is 5.66. The van der Waals surface area contributed by atoms with E-state index >= 15 is 0 Å². The van der Waals surface area contributed by atoms with E-state index in [4.69, 9.17) is 4.74 Å². The standard InChI is InChI=1S/C13H17NO2/c15-13(8-9-14-12-6-7-12)16-10-11-4-2-1-3-5-11/h1-5,12,14H,6-10H2. The van der Waals surface area contributed by atoms with Crippen molar-refractivity contribution in [3.63, 3.8) is 0 Å². The monoisotopic (exact) mass is 219 g/mol. The van der Waals surface area contributed by atoms with Crippen LogP contribution in [0.15, 0.2) is 30.3 Å². The van der Waals surface area contributed by atoms with Gasteiger partial charge in [-0.1, -0.05) is 30.3 Å². The topological polar surface area (TPSA) is 38.3 Å². The molecule has 0 saturated heterocycles. The quantitative estimate of drug-likeness (QED) is 0.742. The number of carbonyl (C=O) groups is 1. The predicted molar refractivity (Wildman–Crippen MR) is 61.9 cm³/mol. The lowest BCUT2D eigenvalue weighted by molar-refractivity contribution is -0.144. The molecule has 16 heavy (non-hydrogen) atoms. The third-order valence-corrected chi connectivity index (χ3v) is 2.58. The van der Waals surface area contributed by atoms with E-state index < -0.39 is 0 Å². The zero-order valence-corrected chi connectivity index (χ0v) is 9.32. The maximum Gasteiger partial charge on any atom is 0.307 e. The van der Waals surface area contributed by atoms with Gasteiger partial charge < -0.3 is 10.1 Å². The highest BCUT2D eigenvalue weighted by molar-refractivity contribution is 5.69. The average molecular weight is 219 g/mol. The summed E-state index contributed by atoms with van der Waals surface area (Å²) in [6.45, 7) is 1.11. The number of rotatable bonds is 6. The molecule has 1 aliphatic rings. The van der Waals surface area contributed by atoms with Crippen LogP contribution < -0.4 is 5.32 Å². The minimum atomic E-state index is -0.128. The first-order valence-electron chi connectivity index (χ1n) is 5.77. The number of ether oxygens (including phenoxy) is 1. The van der Waals surface area contributed by atoms with Gasteiger partial charge in [-0.15, -0.1) is 0 Å². The van der Waals surface area contributed by atoms with E-state index in [2.05, 4.69) is 5.32 Å². The molecule has 3 heteroatoms. The summed E-state index contributed by atoms with van der Waals surface area (Å²) in [7, 11) is 0. The Bertz CT molecular complexity index is 333. The third-order valence-electron chi connectivity index (χ3n) is 2.58. The summed E-state index contributed by atoms with van der Waals surface area (Å²) in [4.78, 5) is 11.4. The summed E-state index contributed by atoms with van der Waals surface area (Å²) in [6.07, 6.45) is 2.96. The van der Waals surface area contributed by atoms with Gasteiger partial charge in [-0.05, 0) is 18.4 Å². The van der Waals surface area contributed by atoms with Gasteiger partial charge in [0.2, 0.25) is 0 Å². The molecule has 3 nitrogen and oxygen atoms in total. The fourth-order valence-electron chi connectivity index (χ4n) is 1.48. The van der Waals surface area contributed by atoms with Crippen LogP contribution >= 0.6 is 0 Å². The van der Waals surface area contributed by atoms with Crippen molar-refractivity contribution in [2.75, 3.05) is 6.54 Å². The van der Waals surface area contributed by atoms with Crippen LogP contribution in [0.1, 0.15) is 24.8 Å². The lowest BCUT2D eigenvalue weighted by atomic mass is 10.2. The molecule has 1 fully saturated rings. The van der Waals surface area contributed by atoms with Gasteiger partial charge in [0.1, 0.15) is 6.61 Å². The van der Waals surface area contributed by atoms with Crippen molar-refractivity contribution in [2.45, 2.75) is 31.9 Å². The summed E-state index contributed by atoms with van der Waals surface area (Å²) in [5.41, 5.74) is 1.03. The van der Waals surface area contributed by atoms with Crippen molar-refractivity contribution in [1.29, 1.82) is 0 Å². The molecule has 86 valence electrons. The maximum atomic E-state index is 11.4. The van der Waals surface area contributed by atoms with E-state index in [1.165, 1.54) is 12.8 Å². The fraction of sp³-hybridized carbons (Fsp3) is 0.462. The van der Waals surface area contributed by atoms with Gasteiger partial charge in [0.05, 0.1) is 6.42 Å². The molecule has 1 aromatic rings. The second-order valence-corrected chi connectivity index (χ2v) is 4.12. The SMILES string of the molecule is O=C(CCNC1CC1)OCc1ccccc1. The molecule has 1 aromatic carbocycles. The fourth-order valence-corrected chi connectivity index (χ4v) is 1.48. The van der Waals surface area contributed by atoms with E-state index in [9.17, 15) is 4.79 Å². The number of benzene rings is 1. The molecule has 1 aliphatic carbocycles. The number of hydrogen-bond donors (Lipinski definition) is 1. The molecule has 0 radical (unpaired) electrons. The molecule has 0 bridgehead atoms. The smallest absolute Gasteiger partial charge is 0.307 e. The largest absolute Gasteiger partial charge is 0.461 e. The Balaban J connectivity index is 1.59. The minimum absolute atomic E-state index is 0.128. The first kappa shape index (κ1) is 11.1. The predicted octanol–water partition coefficient (Wildman–Crippen LogP) is 1.87. The summed E-state index contributed by atoms with van der Waals surface area (Å²) < 4.78 is 5.15. The first-order valence-corrected chi connectivity index (χ1v) is 5.77. The lowest BCUT2D eigenvalue weighted by Crippen LogP contribution is -2.21. The maximum absolute atomic E-state index is 11.4. The van der Waals surface area contributed by atoms with Crippen LogP contribution in [-0.2, 0) is 16.1 Å². The highest BCUT2D eigenvalue weighted by atomic mass is 16.5. The van der Waals surface area contributed by atoms with Gasteiger partial charge in [0, 0.05) is 12.6 Å². The van der Waals surface area contributed by atoms with Gasteiger partial charge in [-0.2, -0.15) is 0 Å². The van der Waals surface area contributed by atoms with Gasteiger partial charge in [-0.3, -0.25) is 4.79 Å². The number of nitrogens with one attached hydrogen (secondary N) is 1. The van der Waals surface area contributed by atoms with Crippen molar-refractivity contribution in [3.05, 3.63) is 35.9 Å². The van der Waals surface area contributed by atoms with Crippen LogP contribution in [0.4, 0.5) is 0 Å². The van der Waals surface area contributed by atoms with E-state index in [1.807, 2.05) is 30.3 Å². The molecule has 1 saturated carbocycles. The van der Waals surface area contributed by atoms with Crippen molar-refractivity contribution in [1.82, 2.24) is 5.32 Å². The zero-order valence-electron chi connectivity index (χ0n) is 9.32. The summed E-state index contributed by atoms with van der Waals surface area (Å²) in [5, 5.41) is 3.28. The van der Waals surface area contributed by atoms with Gasteiger partial charge in [0.25, 0.3) is 0 Å². The highest BCUT2D eigenvalue weighted by Crippen LogP contribution is 2.18. The van der Waals surface area contributed by atoms with E-state index in [-0.39, 0.29) is 5.97 Å². The number of hydrogen-bond acceptors (Lipinski definition) is 3. The molecule has 0 heterocycles. The van der Waals surface area contributed by atoms with Crippen LogP contribution in [0.25, 0.3) is 0 Å². The van der Waals surface area contributed by atoms with Crippen LogP contribution in [0.5, 0.6) is 0 Å². The van der Waals surface area contributed by atoms with E-state index in [1.54, 1.807) is 0 Å². The average Bonchev–Trinajstić information content (AvgIpc) is 3.12. The molecular formula is C13H17NO2. The second-order valence-electron chi connectivity index (χ2n) is 4.12. The minimum Gasteiger partial charge on any atom is -0.461 e. The third kappa shape index (κ3) is 4.03. The lowest BCUT2D eigenvalue weighted by Gasteiger charge is -2.05. The Labute approximate surface area is 95.8 Å². The van der Waals surface area contributed by atoms with Crippen molar-refractivity contribution in [2.24, 2.45) is 0 Å². The van der Waals surface area contributed by atoms with Gasteiger partial charge in [-0.25, -0.2) is 0 Å². The Hall–Kier alpha value is -1.35. The summed E-state index contributed by atoms with van der Waals surface area (Å²) in [5.74, 6) is -0.128. The van der Waals surface area contributed by atoms with Crippen LogP contribution in [0.3, 0.4) is 0 Å². The number of esters is 1. The van der Waals surface area contributed by atoms with Crippen LogP contribution in [-0.4, -0.2) is 18.6 Å². The first-order chi connectivity index (χ1) is 7.84. The molecule has 0 aromatic heterocycles. The van der Waals surface area contributed by atoms with Crippen LogP contribution in [0.2, 0.25) is 0 Å². The Morgan fingerprint density at radius 1 is 1.31 bits per heavy atom. The Kier molecular flexibility index (Phi) is 3.94. The van der Waals surface area contributed by atoms with Crippen molar-refractivity contribution >= 4 is 5.97 Å². The Morgan fingerprint density at radius 3 is 2.75 bits per heavy atom. The van der Waals surface area contributed by atoms with E-state index in [0.29, 0.717) is 19.1 Å². The Morgan fingerprint density at radius 2 is 2.06 bits per heavy atom. The van der Waals surface area contributed by atoms with Crippen molar-refractivity contribution in [3.8, 4) is 0 Å². The zero-order chi connectivity index (χ0) is 11.2. The molecule has 0 aliphatic heterocycles. The van der Waals surface area contributed by atoms with Gasteiger partial charge in [0.15, 0.2) is 0 Å². The summed E-state index contributed by atoms with van der Waals surface area (Å²) in [6, 6.07) is 10.4.